The summed E-state index contributed by atoms with van der Waals surface area (Å²) >= 11 is 1.42. The van der Waals surface area contributed by atoms with Crippen molar-refractivity contribution in [3.8, 4) is 0 Å². The van der Waals surface area contributed by atoms with E-state index in [-0.39, 0.29) is 5.91 Å². The van der Waals surface area contributed by atoms with Gasteiger partial charge in [0.1, 0.15) is 0 Å². The minimum atomic E-state index is -3.44. The number of aryl methyl sites for hydroxylation is 3. The third kappa shape index (κ3) is 5.54. The average Bonchev–Trinajstić information content (AvgIpc) is 3.17. The van der Waals surface area contributed by atoms with Crippen LogP contribution in [0.3, 0.4) is 0 Å². The fraction of sp³-hybridized carbons (Fsp3) is 0.217. The zero-order valence-corrected chi connectivity index (χ0v) is 20.8. The van der Waals surface area contributed by atoms with Crippen LogP contribution in [0.25, 0.3) is 5.78 Å². The second-order valence-corrected chi connectivity index (χ2v) is 10.6. The SMILES string of the molecule is Cc1cc(C)n2nc(SCc3ccccc3C(=O)Nc3ccc(C)c(NS(C)(=O)=O)c3)nc2n1. The summed E-state index contributed by atoms with van der Waals surface area (Å²) in [5, 5.41) is 7.94. The number of sulfonamides is 1. The van der Waals surface area contributed by atoms with E-state index >= 15 is 0 Å². The lowest BCUT2D eigenvalue weighted by Gasteiger charge is -2.12. The van der Waals surface area contributed by atoms with Gasteiger partial charge in [0, 0.05) is 28.4 Å². The topological polar surface area (TPSA) is 118 Å². The molecule has 0 saturated carbocycles. The van der Waals surface area contributed by atoms with Gasteiger partial charge in [-0.2, -0.15) is 4.98 Å². The Kier molecular flexibility index (Phi) is 6.58. The highest BCUT2D eigenvalue weighted by Gasteiger charge is 2.15. The molecule has 1 amide bonds. The van der Waals surface area contributed by atoms with Crippen molar-refractivity contribution in [3.63, 3.8) is 0 Å². The Bertz CT molecular complexity index is 1500. The fourth-order valence-corrected chi connectivity index (χ4v) is 4.87. The van der Waals surface area contributed by atoms with E-state index in [1.807, 2.05) is 32.0 Å². The molecule has 0 radical (unpaired) electrons. The number of carbonyl (C=O) groups excluding carboxylic acids is 1. The average molecular weight is 497 g/mol. The van der Waals surface area contributed by atoms with E-state index in [0.29, 0.717) is 33.6 Å². The molecule has 0 atom stereocenters. The predicted molar refractivity (Wildman–Crippen MR) is 134 cm³/mol. The van der Waals surface area contributed by atoms with Gasteiger partial charge >= 0.3 is 0 Å². The maximum atomic E-state index is 13.0. The summed E-state index contributed by atoms with van der Waals surface area (Å²) in [5.74, 6) is 0.748. The molecule has 11 heteroatoms. The fourth-order valence-electron chi connectivity index (χ4n) is 3.43. The van der Waals surface area contributed by atoms with Crippen LogP contribution in [0.15, 0.2) is 53.7 Å². The standard InChI is InChI=1S/C23H24N6O3S2/c1-14-9-10-18(12-20(14)28-34(4,31)32)25-21(30)19-8-6-5-7-17(19)13-33-23-26-22-24-15(2)11-16(3)29(22)27-23/h5-12,28H,13H2,1-4H3,(H,25,30). The highest BCUT2D eigenvalue weighted by Crippen LogP contribution is 2.25. The van der Waals surface area contributed by atoms with Crippen molar-refractivity contribution in [1.82, 2.24) is 19.6 Å². The summed E-state index contributed by atoms with van der Waals surface area (Å²) in [7, 11) is -3.44. The van der Waals surface area contributed by atoms with Crippen molar-refractivity contribution in [3.05, 3.63) is 76.6 Å². The molecule has 4 rings (SSSR count). The van der Waals surface area contributed by atoms with E-state index in [1.54, 1.807) is 41.8 Å². The first-order valence-corrected chi connectivity index (χ1v) is 13.3. The van der Waals surface area contributed by atoms with E-state index < -0.39 is 10.0 Å². The highest BCUT2D eigenvalue weighted by atomic mass is 32.2. The Balaban J connectivity index is 1.52. The molecule has 34 heavy (non-hydrogen) atoms. The highest BCUT2D eigenvalue weighted by molar-refractivity contribution is 7.98. The van der Waals surface area contributed by atoms with Gasteiger partial charge in [-0.25, -0.2) is 17.9 Å². The van der Waals surface area contributed by atoms with E-state index in [0.717, 1.165) is 28.8 Å². The molecule has 9 nitrogen and oxygen atoms in total. The molecule has 2 N–H and O–H groups in total. The molecular weight excluding hydrogens is 472 g/mol. The Morgan fingerprint density at radius 1 is 1.06 bits per heavy atom. The normalized spacial score (nSPS) is 11.5. The van der Waals surface area contributed by atoms with Crippen LogP contribution >= 0.6 is 11.8 Å². The van der Waals surface area contributed by atoms with Gasteiger partial charge in [-0.15, -0.1) is 5.10 Å². The molecule has 0 saturated heterocycles. The molecule has 2 aromatic heterocycles. The van der Waals surface area contributed by atoms with Crippen LogP contribution in [0.2, 0.25) is 0 Å². The molecular formula is C23H24N6O3S2. The van der Waals surface area contributed by atoms with Crippen molar-refractivity contribution in [2.45, 2.75) is 31.7 Å². The molecule has 2 heterocycles. The number of nitrogens with zero attached hydrogens (tertiary/aromatic N) is 4. The van der Waals surface area contributed by atoms with Gasteiger partial charge in [-0.05, 0) is 56.2 Å². The summed E-state index contributed by atoms with van der Waals surface area (Å²) < 4.78 is 27.4. The largest absolute Gasteiger partial charge is 0.322 e. The lowest BCUT2D eigenvalue weighted by Crippen LogP contribution is -2.15. The van der Waals surface area contributed by atoms with E-state index in [4.69, 9.17) is 0 Å². The zero-order chi connectivity index (χ0) is 24.5. The van der Waals surface area contributed by atoms with Gasteiger partial charge in [0.05, 0.1) is 11.9 Å². The lowest BCUT2D eigenvalue weighted by molar-refractivity contribution is 0.102. The molecule has 0 aliphatic rings. The molecule has 0 fully saturated rings. The van der Waals surface area contributed by atoms with Crippen LogP contribution < -0.4 is 10.0 Å². The summed E-state index contributed by atoms with van der Waals surface area (Å²) in [6.45, 7) is 5.65. The molecule has 176 valence electrons. The first kappa shape index (κ1) is 23.7. The van der Waals surface area contributed by atoms with Crippen molar-refractivity contribution in [2.75, 3.05) is 16.3 Å². The van der Waals surface area contributed by atoms with Crippen molar-refractivity contribution >= 4 is 44.8 Å². The number of nitrogens with one attached hydrogen (secondary N) is 2. The van der Waals surface area contributed by atoms with Gasteiger partial charge in [0.25, 0.3) is 11.7 Å². The Morgan fingerprint density at radius 2 is 1.82 bits per heavy atom. The van der Waals surface area contributed by atoms with Gasteiger partial charge in [-0.3, -0.25) is 9.52 Å². The van der Waals surface area contributed by atoms with E-state index in [9.17, 15) is 13.2 Å². The van der Waals surface area contributed by atoms with E-state index in [2.05, 4.69) is 25.1 Å². The summed E-state index contributed by atoms with van der Waals surface area (Å²) in [4.78, 5) is 21.9. The number of hydrogen-bond donors (Lipinski definition) is 2. The van der Waals surface area contributed by atoms with Crippen LogP contribution in [-0.2, 0) is 15.8 Å². The predicted octanol–water partition coefficient (Wildman–Crippen LogP) is 3.97. The number of benzene rings is 2. The smallest absolute Gasteiger partial charge is 0.255 e. The van der Waals surface area contributed by atoms with Crippen LogP contribution in [-0.4, -0.2) is 40.2 Å². The van der Waals surface area contributed by atoms with Crippen LogP contribution in [0.5, 0.6) is 0 Å². The molecule has 0 aliphatic heterocycles. The molecule has 0 bridgehead atoms. The second-order valence-electron chi connectivity index (χ2n) is 7.95. The van der Waals surface area contributed by atoms with E-state index in [1.165, 1.54) is 11.8 Å². The Labute approximate surface area is 202 Å². The van der Waals surface area contributed by atoms with Crippen molar-refractivity contribution in [1.29, 1.82) is 0 Å². The third-order valence-corrected chi connectivity index (χ3v) is 6.49. The van der Waals surface area contributed by atoms with Gasteiger partial charge in [0.2, 0.25) is 15.2 Å². The van der Waals surface area contributed by atoms with Gasteiger partial charge < -0.3 is 5.32 Å². The maximum absolute atomic E-state index is 13.0. The van der Waals surface area contributed by atoms with Crippen LogP contribution in [0, 0.1) is 20.8 Å². The third-order valence-electron chi connectivity index (χ3n) is 5.01. The summed E-state index contributed by atoms with van der Waals surface area (Å²) in [5.41, 5.74) is 4.82. The molecule has 0 spiro atoms. The first-order chi connectivity index (χ1) is 16.1. The molecule has 0 unspecified atom stereocenters. The number of amides is 1. The second kappa shape index (κ2) is 9.43. The number of hydrogen-bond acceptors (Lipinski definition) is 7. The summed E-state index contributed by atoms with van der Waals surface area (Å²) in [6.07, 6.45) is 1.09. The summed E-state index contributed by atoms with van der Waals surface area (Å²) in [6, 6.07) is 14.3. The minimum Gasteiger partial charge on any atom is -0.322 e. The monoisotopic (exact) mass is 496 g/mol. The Morgan fingerprint density at radius 3 is 2.59 bits per heavy atom. The molecule has 4 aromatic rings. The number of carbonyl (C=O) groups is 1. The maximum Gasteiger partial charge on any atom is 0.255 e. The van der Waals surface area contributed by atoms with Gasteiger partial charge in [-0.1, -0.05) is 36.0 Å². The quantitative estimate of drug-likeness (QED) is 0.372. The molecule has 0 aliphatic carbocycles. The number of anilines is 2. The Hall–Kier alpha value is -3.44. The molecule has 2 aromatic carbocycles. The number of aromatic nitrogens is 4. The van der Waals surface area contributed by atoms with Crippen molar-refractivity contribution < 1.29 is 13.2 Å². The van der Waals surface area contributed by atoms with Crippen LogP contribution in [0.1, 0.15) is 32.9 Å². The zero-order valence-electron chi connectivity index (χ0n) is 19.2. The minimum absolute atomic E-state index is 0.290. The first-order valence-electron chi connectivity index (χ1n) is 10.4. The van der Waals surface area contributed by atoms with Gasteiger partial charge in [0.15, 0.2) is 0 Å². The number of rotatable bonds is 7. The lowest BCUT2D eigenvalue weighted by atomic mass is 10.1. The van der Waals surface area contributed by atoms with Crippen molar-refractivity contribution in [2.24, 2.45) is 0 Å². The number of thioether (sulfide) groups is 1. The van der Waals surface area contributed by atoms with Crippen LogP contribution in [0.4, 0.5) is 11.4 Å². The number of fused-ring (bicyclic) bond motifs is 1.